The molecule has 0 aliphatic carbocycles. The predicted molar refractivity (Wildman–Crippen MR) is 121 cm³/mol. The van der Waals surface area contributed by atoms with Gasteiger partial charge < -0.3 is 33.8 Å². The van der Waals surface area contributed by atoms with Gasteiger partial charge in [0.2, 0.25) is 6.29 Å². The summed E-state index contributed by atoms with van der Waals surface area (Å²) in [6.07, 6.45) is -4.83. The first-order valence-electron chi connectivity index (χ1n) is 9.87. The van der Waals surface area contributed by atoms with E-state index in [9.17, 15) is 24.3 Å². The first-order chi connectivity index (χ1) is 15.6. The van der Waals surface area contributed by atoms with Gasteiger partial charge in [0.05, 0.1) is 6.61 Å². The van der Waals surface area contributed by atoms with Crippen molar-refractivity contribution in [2.75, 3.05) is 11.9 Å². The van der Waals surface area contributed by atoms with Crippen LogP contribution in [0.5, 0.6) is 0 Å². The summed E-state index contributed by atoms with van der Waals surface area (Å²) in [5.74, 6) is -2.07. The molecule has 1 aromatic heterocycles. The van der Waals surface area contributed by atoms with Crippen LogP contribution in [0.15, 0.2) is 33.5 Å². The molecular formula is C21H22INO10. The summed E-state index contributed by atoms with van der Waals surface area (Å²) in [6, 6.07) is 5.26. The summed E-state index contributed by atoms with van der Waals surface area (Å²) >= 11 is 2.02. The molecular weight excluding hydrogens is 553 g/mol. The van der Waals surface area contributed by atoms with Crippen LogP contribution in [0, 0.1) is 3.57 Å². The van der Waals surface area contributed by atoms with E-state index >= 15 is 0 Å². The van der Waals surface area contributed by atoms with Gasteiger partial charge in [-0.25, -0.2) is 4.79 Å². The second-order valence-electron chi connectivity index (χ2n) is 7.28. The molecule has 2 N–H and O–H groups in total. The lowest BCUT2D eigenvalue weighted by molar-refractivity contribution is -0.263. The molecule has 1 aliphatic heterocycles. The van der Waals surface area contributed by atoms with Gasteiger partial charge in [0, 0.05) is 47.5 Å². The van der Waals surface area contributed by atoms with E-state index in [1.54, 1.807) is 18.2 Å². The van der Waals surface area contributed by atoms with E-state index in [0.717, 1.165) is 6.92 Å². The average molecular weight is 575 g/mol. The van der Waals surface area contributed by atoms with Gasteiger partial charge in [-0.1, -0.05) is 0 Å². The molecule has 1 aliphatic rings. The number of hydrogen-bond acceptors (Lipinski definition) is 11. The minimum absolute atomic E-state index is 0.298. The molecule has 33 heavy (non-hydrogen) atoms. The van der Waals surface area contributed by atoms with Crippen molar-refractivity contribution in [2.45, 2.75) is 51.4 Å². The normalized spacial score (nSPS) is 24.7. The molecule has 0 saturated carbocycles. The number of fused-ring (bicyclic) bond motifs is 1. The van der Waals surface area contributed by atoms with Crippen molar-refractivity contribution >= 4 is 57.2 Å². The minimum atomic E-state index is -1.31. The van der Waals surface area contributed by atoms with Crippen LogP contribution in [0.4, 0.5) is 5.69 Å². The second-order valence-corrected chi connectivity index (χ2v) is 8.44. The third-order valence-corrected chi connectivity index (χ3v) is 5.63. The van der Waals surface area contributed by atoms with Crippen LogP contribution in [-0.4, -0.2) is 60.3 Å². The number of carbonyl (C=O) groups excluding carboxylic acids is 3. The maximum absolute atomic E-state index is 11.9. The molecule has 1 aromatic carbocycles. The summed E-state index contributed by atoms with van der Waals surface area (Å²) in [7, 11) is 0. The van der Waals surface area contributed by atoms with Gasteiger partial charge in [-0.2, -0.15) is 0 Å². The average Bonchev–Trinajstić information content (AvgIpc) is 2.70. The van der Waals surface area contributed by atoms with Crippen LogP contribution in [0.25, 0.3) is 11.0 Å². The zero-order valence-corrected chi connectivity index (χ0v) is 20.1. The van der Waals surface area contributed by atoms with Gasteiger partial charge in [-0.05, 0) is 34.7 Å². The van der Waals surface area contributed by atoms with Crippen molar-refractivity contribution in [2.24, 2.45) is 0 Å². The fourth-order valence-electron chi connectivity index (χ4n) is 3.54. The SMILES string of the molecule is CC(=O)OC1[C@H](OC(C)=O)C(CO)O[C@@H](OC(C)=O)[C@H]1Nc1ccc2c(I)cc(=O)oc2c1. The number of hydrogen-bond donors (Lipinski definition) is 2. The van der Waals surface area contributed by atoms with Gasteiger partial charge >= 0.3 is 23.5 Å². The Kier molecular flexibility index (Phi) is 7.92. The molecule has 1 saturated heterocycles. The van der Waals surface area contributed by atoms with Crippen molar-refractivity contribution in [1.29, 1.82) is 0 Å². The first-order valence-corrected chi connectivity index (χ1v) is 10.9. The number of rotatable bonds is 6. The first kappa shape index (κ1) is 24.9. The number of nitrogens with one attached hydrogen (secondary N) is 1. The second kappa shape index (κ2) is 10.5. The van der Waals surface area contributed by atoms with Gasteiger partial charge in [-0.15, -0.1) is 0 Å². The molecule has 11 nitrogen and oxygen atoms in total. The summed E-state index contributed by atoms with van der Waals surface area (Å²) in [5.41, 5.74) is 0.187. The molecule has 3 rings (SSSR count). The molecule has 2 unspecified atom stereocenters. The van der Waals surface area contributed by atoms with Crippen molar-refractivity contribution in [1.82, 2.24) is 0 Å². The zero-order chi connectivity index (χ0) is 24.3. The Balaban J connectivity index is 2.04. The molecule has 178 valence electrons. The standard InChI is InChI=1S/C21H22INO10/c1-9(25)29-19-16(8-24)33-21(31-11(3)27)18(20(19)30-10(2)26)23-12-4-5-13-14(22)7-17(28)32-15(13)6-12/h4-7,16,18-21,23-24H,8H2,1-3H3/t16?,18-,19+,20?,21+/m0/s1. The third kappa shape index (κ3) is 6.00. The maximum atomic E-state index is 11.9. The molecule has 2 heterocycles. The largest absolute Gasteiger partial charge is 0.456 e. The molecule has 1 fully saturated rings. The fraction of sp³-hybridized carbons (Fsp3) is 0.429. The van der Waals surface area contributed by atoms with E-state index in [0.29, 0.717) is 20.2 Å². The Bertz CT molecular complexity index is 1120. The highest BCUT2D eigenvalue weighted by Crippen LogP contribution is 2.31. The topological polar surface area (TPSA) is 151 Å². The Morgan fingerprint density at radius 2 is 1.67 bits per heavy atom. The minimum Gasteiger partial charge on any atom is -0.456 e. The van der Waals surface area contributed by atoms with E-state index in [4.69, 9.17) is 23.4 Å². The summed E-state index contributed by atoms with van der Waals surface area (Å²) < 4.78 is 27.6. The molecule has 5 atom stereocenters. The van der Waals surface area contributed by atoms with Crippen LogP contribution in [0.3, 0.4) is 0 Å². The number of esters is 3. The molecule has 0 spiro atoms. The number of carbonyl (C=O) groups is 3. The van der Waals surface area contributed by atoms with Gasteiger partial charge in [0.25, 0.3) is 0 Å². The van der Waals surface area contributed by atoms with Crippen molar-refractivity contribution in [3.63, 3.8) is 0 Å². The van der Waals surface area contributed by atoms with E-state index in [2.05, 4.69) is 5.32 Å². The molecule has 0 bridgehead atoms. The van der Waals surface area contributed by atoms with E-state index in [-0.39, 0.29) is 0 Å². The van der Waals surface area contributed by atoms with Crippen molar-refractivity contribution < 1.29 is 42.9 Å². The lowest BCUT2D eigenvalue weighted by Crippen LogP contribution is -2.64. The Hall–Kier alpha value is -2.71. The molecule has 0 radical (unpaired) electrons. The lowest BCUT2D eigenvalue weighted by atomic mass is 9.95. The van der Waals surface area contributed by atoms with Crippen LogP contribution in [0.2, 0.25) is 0 Å². The number of halogens is 1. The summed E-state index contributed by atoms with van der Waals surface area (Å²) in [4.78, 5) is 47.0. The quantitative estimate of drug-likeness (QED) is 0.222. The molecule has 0 amide bonds. The summed E-state index contributed by atoms with van der Waals surface area (Å²) in [6.45, 7) is 2.89. The maximum Gasteiger partial charge on any atom is 0.337 e. The van der Waals surface area contributed by atoms with Crippen LogP contribution in [-0.2, 0) is 33.3 Å². The molecule has 2 aromatic rings. The number of anilines is 1. The van der Waals surface area contributed by atoms with E-state index in [1.807, 2.05) is 22.6 Å². The highest BCUT2D eigenvalue weighted by molar-refractivity contribution is 14.1. The van der Waals surface area contributed by atoms with E-state index in [1.165, 1.54) is 19.9 Å². The Labute approximate surface area is 201 Å². The Morgan fingerprint density at radius 1 is 1.03 bits per heavy atom. The number of ether oxygens (including phenoxy) is 4. The number of benzene rings is 1. The van der Waals surface area contributed by atoms with Crippen LogP contribution in [0.1, 0.15) is 20.8 Å². The van der Waals surface area contributed by atoms with Gasteiger partial charge in [-0.3, -0.25) is 14.4 Å². The zero-order valence-electron chi connectivity index (χ0n) is 17.9. The fourth-order valence-corrected chi connectivity index (χ4v) is 4.24. The van der Waals surface area contributed by atoms with Gasteiger partial charge in [0.1, 0.15) is 17.7 Å². The van der Waals surface area contributed by atoms with Crippen molar-refractivity contribution in [3.8, 4) is 0 Å². The highest BCUT2D eigenvalue weighted by atomic mass is 127. The van der Waals surface area contributed by atoms with Crippen molar-refractivity contribution in [3.05, 3.63) is 38.3 Å². The lowest BCUT2D eigenvalue weighted by Gasteiger charge is -2.44. The monoisotopic (exact) mass is 575 g/mol. The smallest absolute Gasteiger partial charge is 0.337 e. The van der Waals surface area contributed by atoms with Crippen LogP contribution < -0.4 is 10.9 Å². The van der Waals surface area contributed by atoms with E-state index < -0.39 is 60.8 Å². The Morgan fingerprint density at radius 3 is 2.27 bits per heavy atom. The van der Waals surface area contributed by atoms with Crippen LogP contribution >= 0.6 is 22.6 Å². The molecule has 12 heteroatoms. The number of aliphatic hydroxyl groups excluding tert-OH is 1. The van der Waals surface area contributed by atoms with Gasteiger partial charge in [0.15, 0.2) is 12.2 Å². The summed E-state index contributed by atoms with van der Waals surface area (Å²) in [5, 5.41) is 13.5. The third-order valence-electron chi connectivity index (χ3n) is 4.74. The predicted octanol–water partition coefficient (Wildman–Crippen LogP) is 1.32. The highest BCUT2D eigenvalue weighted by Gasteiger charge is 2.51. The number of aliphatic hydroxyl groups is 1.